The van der Waals surface area contributed by atoms with E-state index < -0.39 is 0 Å². The quantitative estimate of drug-likeness (QED) is 0.755. The monoisotopic (exact) mass is 208 g/mol. The maximum atomic E-state index is 5.74. The molecule has 0 unspecified atom stereocenters. The molecule has 0 spiro atoms. The summed E-state index contributed by atoms with van der Waals surface area (Å²) >= 11 is 1.87. The number of benzene rings is 1. The second-order valence-corrected chi connectivity index (χ2v) is 4.66. The lowest BCUT2D eigenvalue weighted by Crippen LogP contribution is -2.07. The molecule has 0 amide bonds. The van der Waals surface area contributed by atoms with Gasteiger partial charge in [0.1, 0.15) is 0 Å². The molecule has 1 aliphatic heterocycles. The van der Waals surface area contributed by atoms with Crippen LogP contribution in [0.15, 0.2) is 30.3 Å². The van der Waals surface area contributed by atoms with E-state index >= 15 is 0 Å². The van der Waals surface area contributed by atoms with Crippen LogP contribution in [0.25, 0.3) is 0 Å². The molecular formula is C12H16OS. The fourth-order valence-electron chi connectivity index (χ4n) is 1.97. The van der Waals surface area contributed by atoms with Crippen LogP contribution in [0, 0.1) is 0 Å². The second kappa shape index (κ2) is 4.85. The minimum atomic E-state index is 0.468. The van der Waals surface area contributed by atoms with Gasteiger partial charge in [0, 0.05) is 11.7 Å². The zero-order chi connectivity index (χ0) is 9.80. The van der Waals surface area contributed by atoms with Gasteiger partial charge in [-0.05, 0) is 18.2 Å². The zero-order valence-corrected chi connectivity index (χ0v) is 9.30. The van der Waals surface area contributed by atoms with Gasteiger partial charge >= 0.3 is 0 Å². The molecule has 0 N–H and O–H groups in total. The molecule has 0 bridgehead atoms. The second-order valence-electron chi connectivity index (χ2n) is 3.75. The van der Waals surface area contributed by atoms with Gasteiger partial charge in [-0.2, -0.15) is 11.8 Å². The molecule has 2 heteroatoms. The van der Waals surface area contributed by atoms with Gasteiger partial charge in [0.2, 0.25) is 0 Å². The minimum Gasteiger partial charge on any atom is -0.377 e. The van der Waals surface area contributed by atoms with E-state index in [1.807, 2.05) is 11.8 Å². The SMILES string of the molecule is CSC[C@@H]1C[C@H](c2ccccc2)CO1. The van der Waals surface area contributed by atoms with Gasteiger partial charge in [-0.3, -0.25) is 0 Å². The molecule has 1 nitrogen and oxygen atoms in total. The maximum absolute atomic E-state index is 5.74. The van der Waals surface area contributed by atoms with Crippen LogP contribution in [-0.2, 0) is 4.74 Å². The minimum absolute atomic E-state index is 0.468. The zero-order valence-electron chi connectivity index (χ0n) is 8.48. The Balaban J connectivity index is 1.96. The van der Waals surface area contributed by atoms with Crippen LogP contribution in [0.5, 0.6) is 0 Å². The van der Waals surface area contributed by atoms with Gasteiger partial charge in [0.15, 0.2) is 0 Å². The molecule has 0 saturated carbocycles. The fraction of sp³-hybridized carbons (Fsp3) is 0.500. The summed E-state index contributed by atoms with van der Waals surface area (Å²) in [6.45, 7) is 0.898. The Kier molecular flexibility index (Phi) is 3.49. The summed E-state index contributed by atoms with van der Waals surface area (Å²) in [5.41, 5.74) is 1.43. The number of hydrogen-bond acceptors (Lipinski definition) is 2. The van der Waals surface area contributed by atoms with E-state index in [1.54, 1.807) is 0 Å². The van der Waals surface area contributed by atoms with E-state index in [-0.39, 0.29) is 0 Å². The van der Waals surface area contributed by atoms with E-state index in [0.717, 1.165) is 12.4 Å². The van der Waals surface area contributed by atoms with Crippen molar-refractivity contribution in [2.75, 3.05) is 18.6 Å². The lowest BCUT2D eigenvalue weighted by Gasteiger charge is -2.07. The number of rotatable bonds is 3. The first kappa shape index (κ1) is 10.1. The van der Waals surface area contributed by atoms with Crippen LogP contribution in [0.3, 0.4) is 0 Å². The van der Waals surface area contributed by atoms with Crippen molar-refractivity contribution in [1.82, 2.24) is 0 Å². The Labute approximate surface area is 89.9 Å². The molecule has 1 aliphatic rings. The number of thioether (sulfide) groups is 1. The molecule has 14 heavy (non-hydrogen) atoms. The van der Waals surface area contributed by atoms with Crippen LogP contribution < -0.4 is 0 Å². The summed E-state index contributed by atoms with van der Waals surface area (Å²) in [7, 11) is 0. The molecule has 2 rings (SSSR count). The number of hydrogen-bond donors (Lipinski definition) is 0. The molecular weight excluding hydrogens is 192 g/mol. The summed E-state index contributed by atoms with van der Waals surface area (Å²) in [6.07, 6.45) is 3.79. The van der Waals surface area contributed by atoms with Gasteiger partial charge < -0.3 is 4.74 Å². The number of ether oxygens (including phenoxy) is 1. The Hall–Kier alpha value is -0.470. The van der Waals surface area contributed by atoms with Gasteiger partial charge in [-0.25, -0.2) is 0 Å². The van der Waals surface area contributed by atoms with E-state index in [0.29, 0.717) is 12.0 Å². The predicted molar refractivity (Wildman–Crippen MR) is 61.9 cm³/mol. The van der Waals surface area contributed by atoms with Gasteiger partial charge in [-0.1, -0.05) is 30.3 Å². The van der Waals surface area contributed by atoms with Crippen molar-refractivity contribution in [3.05, 3.63) is 35.9 Å². The van der Waals surface area contributed by atoms with Crippen LogP contribution in [0.1, 0.15) is 17.9 Å². The first-order chi connectivity index (χ1) is 6.90. The molecule has 2 atom stereocenters. The summed E-state index contributed by atoms with van der Waals surface area (Å²) in [5, 5.41) is 0. The van der Waals surface area contributed by atoms with Crippen LogP contribution in [0.2, 0.25) is 0 Å². The molecule has 1 saturated heterocycles. The van der Waals surface area contributed by atoms with Crippen molar-refractivity contribution in [3.63, 3.8) is 0 Å². The Morgan fingerprint density at radius 1 is 1.36 bits per heavy atom. The summed E-state index contributed by atoms with van der Waals surface area (Å²) < 4.78 is 5.74. The highest BCUT2D eigenvalue weighted by molar-refractivity contribution is 7.98. The van der Waals surface area contributed by atoms with Gasteiger partial charge in [0.25, 0.3) is 0 Å². The highest BCUT2D eigenvalue weighted by atomic mass is 32.2. The Bertz CT molecular complexity index is 273. The van der Waals surface area contributed by atoms with Crippen molar-refractivity contribution >= 4 is 11.8 Å². The van der Waals surface area contributed by atoms with Crippen molar-refractivity contribution in [3.8, 4) is 0 Å². The molecule has 1 aromatic rings. The molecule has 0 radical (unpaired) electrons. The predicted octanol–water partition coefficient (Wildman–Crippen LogP) is 2.92. The third-order valence-electron chi connectivity index (χ3n) is 2.70. The first-order valence-electron chi connectivity index (χ1n) is 5.05. The lowest BCUT2D eigenvalue weighted by atomic mass is 9.97. The third-order valence-corrected chi connectivity index (χ3v) is 3.41. The summed E-state index contributed by atoms with van der Waals surface area (Å²) in [5.74, 6) is 1.75. The topological polar surface area (TPSA) is 9.23 Å². The van der Waals surface area contributed by atoms with Crippen LogP contribution in [-0.4, -0.2) is 24.7 Å². The molecule has 1 heterocycles. The Morgan fingerprint density at radius 2 is 2.14 bits per heavy atom. The molecule has 0 aromatic heterocycles. The van der Waals surface area contributed by atoms with E-state index in [2.05, 4.69) is 36.6 Å². The average Bonchev–Trinajstić information content (AvgIpc) is 2.68. The molecule has 0 aliphatic carbocycles. The summed E-state index contributed by atoms with van der Waals surface area (Å²) in [6, 6.07) is 10.7. The molecule has 1 aromatic carbocycles. The molecule has 1 fully saturated rings. The first-order valence-corrected chi connectivity index (χ1v) is 6.45. The third kappa shape index (κ3) is 2.31. The van der Waals surface area contributed by atoms with Crippen molar-refractivity contribution in [1.29, 1.82) is 0 Å². The average molecular weight is 208 g/mol. The van der Waals surface area contributed by atoms with Gasteiger partial charge in [-0.15, -0.1) is 0 Å². The van der Waals surface area contributed by atoms with E-state index in [4.69, 9.17) is 4.74 Å². The van der Waals surface area contributed by atoms with Crippen molar-refractivity contribution < 1.29 is 4.74 Å². The highest BCUT2D eigenvalue weighted by Gasteiger charge is 2.25. The van der Waals surface area contributed by atoms with Crippen LogP contribution in [0.4, 0.5) is 0 Å². The fourth-order valence-corrected chi connectivity index (χ4v) is 2.57. The van der Waals surface area contributed by atoms with Crippen molar-refractivity contribution in [2.24, 2.45) is 0 Å². The Morgan fingerprint density at radius 3 is 2.86 bits per heavy atom. The lowest BCUT2D eigenvalue weighted by molar-refractivity contribution is 0.127. The van der Waals surface area contributed by atoms with E-state index in [9.17, 15) is 0 Å². The highest BCUT2D eigenvalue weighted by Crippen LogP contribution is 2.30. The molecule has 76 valence electrons. The smallest absolute Gasteiger partial charge is 0.0672 e. The maximum Gasteiger partial charge on any atom is 0.0672 e. The summed E-state index contributed by atoms with van der Waals surface area (Å²) in [4.78, 5) is 0. The van der Waals surface area contributed by atoms with Gasteiger partial charge in [0.05, 0.1) is 12.7 Å². The van der Waals surface area contributed by atoms with Crippen LogP contribution >= 0.6 is 11.8 Å². The normalized spacial score (nSPS) is 26.6. The van der Waals surface area contributed by atoms with Crippen molar-refractivity contribution in [2.45, 2.75) is 18.4 Å². The largest absolute Gasteiger partial charge is 0.377 e. The van der Waals surface area contributed by atoms with E-state index in [1.165, 1.54) is 12.0 Å². The standard InChI is InChI=1S/C12H16OS/c1-14-9-12-7-11(8-13-12)10-5-3-2-4-6-10/h2-6,11-12H,7-9H2,1H3/t11-,12-/m0/s1.